The van der Waals surface area contributed by atoms with Crippen LogP contribution in [0.25, 0.3) is 0 Å². The van der Waals surface area contributed by atoms with Gasteiger partial charge in [-0.2, -0.15) is 0 Å². The van der Waals surface area contributed by atoms with Gasteiger partial charge in [-0.1, -0.05) is 42.5 Å². The van der Waals surface area contributed by atoms with Crippen LogP contribution in [0, 0.1) is 0 Å². The first kappa shape index (κ1) is 14.2. The second kappa shape index (κ2) is 5.90. The van der Waals surface area contributed by atoms with E-state index in [1.807, 2.05) is 6.07 Å². The lowest BCUT2D eigenvalue weighted by Gasteiger charge is -2.27. The van der Waals surface area contributed by atoms with Gasteiger partial charge in [-0.15, -0.1) is 0 Å². The molecule has 2 aromatic rings. The molecular formula is C19H23NO. The molecule has 0 heterocycles. The van der Waals surface area contributed by atoms with Crippen molar-refractivity contribution in [3.05, 3.63) is 65.7 Å². The Labute approximate surface area is 127 Å². The van der Waals surface area contributed by atoms with Crippen LogP contribution < -0.4 is 10.1 Å². The quantitative estimate of drug-likeness (QED) is 0.874. The Balaban J connectivity index is 1.82. The zero-order valence-corrected chi connectivity index (χ0v) is 12.8. The highest BCUT2D eigenvalue weighted by molar-refractivity contribution is 5.36. The molecule has 0 bridgehead atoms. The Kier molecular flexibility index (Phi) is 3.98. The third-order valence-corrected chi connectivity index (χ3v) is 4.73. The van der Waals surface area contributed by atoms with Gasteiger partial charge in [-0.05, 0) is 49.6 Å². The lowest BCUT2D eigenvalue weighted by molar-refractivity contribution is 0.412. The molecular weight excluding hydrogens is 258 g/mol. The van der Waals surface area contributed by atoms with Gasteiger partial charge in [-0.3, -0.25) is 0 Å². The largest absolute Gasteiger partial charge is 0.497 e. The summed E-state index contributed by atoms with van der Waals surface area (Å²) in [6, 6.07) is 19.8. The minimum Gasteiger partial charge on any atom is -0.497 e. The van der Waals surface area contributed by atoms with Crippen LogP contribution in [0.2, 0.25) is 0 Å². The van der Waals surface area contributed by atoms with Gasteiger partial charge in [-0.25, -0.2) is 0 Å². The van der Waals surface area contributed by atoms with Crippen LogP contribution in [0.15, 0.2) is 54.6 Å². The number of nitrogens with one attached hydrogen (secondary N) is 1. The smallest absolute Gasteiger partial charge is 0.119 e. The molecule has 1 atom stereocenters. The molecule has 1 aliphatic carbocycles. The van der Waals surface area contributed by atoms with E-state index in [4.69, 9.17) is 4.74 Å². The third kappa shape index (κ3) is 2.81. The summed E-state index contributed by atoms with van der Waals surface area (Å²) in [7, 11) is 3.80. The van der Waals surface area contributed by atoms with E-state index in [0.717, 1.165) is 12.2 Å². The van der Waals surface area contributed by atoms with E-state index < -0.39 is 0 Å². The van der Waals surface area contributed by atoms with Crippen molar-refractivity contribution in [2.45, 2.75) is 30.7 Å². The minimum absolute atomic E-state index is 0.305. The molecule has 1 N–H and O–H groups in total. The van der Waals surface area contributed by atoms with E-state index in [-0.39, 0.29) is 0 Å². The maximum Gasteiger partial charge on any atom is 0.119 e. The molecule has 1 fully saturated rings. The number of likely N-dealkylation sites (N-methyl/N-ethyl adjacent to an activating group) is 1. The summed E-state index contributed by atoms with van der Waals surface area (Å²) >= 11 is 0. The van der Waals surface area contributed by atoms with Crippen molar-refractivity contribution in [1.29, 1.82) is 0 Å². The molecule has 3 rings (SSSR count). The van der Waals surface area contributed by atoms with Gasteiger partial charge < -0.3 is 10.1 Å². The predicted molar refractivity (Wildman–Crippen MR) is 86.9 cm³/mol. The average molecular weight is 281 g/mol. The molecule has 0 aromatic heterocycles. The first-order chi connectivity index (χ1) is 10.3. The number of hydrogen-bond acceptors (Lipinski definition) is 2. The fourth-order valence-corrected chi connectivity index (χ4v) is 3.35. The number of methoxy groups -OCH3 is 1. The normalized spacial score (nSPS) is 17.2. The van der Waals surface area contributed by atoms with Crippen LogP contribution >= 0.6 is 0 Å². The summed E-state index contributed by atoms with van der Waals surface area (Å²) in [4.78, 5) is 0. The zero-order valence-electron chi connectivity index (χ0n) is 12.8. The van der Waals surface area contributed by atoms with Crippen LogP contribution in [0.5, 0.6) is 5.75 Å². The Bertz CT molecular complexity index is 590. The molecule has 0 aliphatic heterocycles. The standard InChI is InChI=1S/C19H23NO/c1-20-18(14-15-7-6-10-17(13-15)21-2)19(11-12-19)16-8-4-3-5-9-16/h3-10,13,18,20H,11-12,14H2,1-2H3. The van der Waals surface area contributed by atoms with Crippen molar-refractivity contribution in [3.8, 4) is 5.75 Å². The Morgan fingerprint density at radius 2 is 1.86 bits per heavy atom. The van der Waals surface area contributed by atoms with Crippen molar-refractivity contribution in [1.82, 2.24) is 5.32 Å². The maximum absolute atomic E-state index is 5.34. The summed E-state index contributed by atoms with van der Waals surface area (Å²) in [6.07, 6.45) is 3.57. The summed E-state index contributed by atoms with van der Waals surface area (Å²) in [5.41, 5.74) is 3.10. The fraction of sp³-hybridized carbons (Fsp3) is 0.368. The molecule has 0 amide bonds. The molecule has 0 saturated heterocycles. The highest BCUT2D eigenvalue weighted by Crippen LogP contribution is 2.51. The first-order valence-electron chi connectivity index (χ1n) is 7.64. The third-order valence-electron chi connectivity index (χ3n) is 4.73. The molecule has 2 aromatic carbocycles. The van der Waals surface area contributed by atoms with Crippen LogP contribution in [0.1, 0.15) is 24.0 Å². The maximum atomic E-state index is 5.34. The van der Waals surface area contributed by atoms with Crippen molar-refractivity contribution in [2.75, 3.05) is 14.2 Å². The van der Waals surface area contributed by atoms with Crippen molar-refractivity contribution in [2.24, 2.45) is 0 Å². The van der Waals surface area contributed by atoms with Gasteiger partial charge in [0.15, 0.2) is 0 Å². The van der Waals surface area contributed by atoms with Crippen molar-refractivity contribution in [3.63, 3.8) is 0 Å². The monoisotopic (exact) mass is 281 g/mol. The molecule has 2 nitrogen and oxygen atoms in total. The van der Waals surface area contributed by atoms with E-state index in [2.05, 4.69) is 60.9 Å². The number of hydrogen-bond donors (Lipinski definition) is 1. The van der Waals surface area contributed by atoms with Gasteiger partial charge in [0.2, 0.25) is 0 Å². The lowest BCUT2D eigenvalue weighted by Crippen LogP contribution is -2.39. The van der Waals surface area contributed by atoms with Crippen LogP contribution in [0.3, 0.4) is 0 Å². The van der Waals surface area contributed by atoms with E-state index in [1.165, 1.54) is 24.0 Å². The van der Waals surface area contributed by atoms with Gasteiger partial charge in [0.05, 0.1) is 7.11 Å². The van der Waals surface area contributed by atoms with E-state index >= 15 is 0 Å². The summed E-state index contributed by atoms with van der Waals surface area (Å²) in [5, 5.41) is 3.55. The number of ether oxygens (including phenoxy) is 1. The fourth-order valence-electron chi connectivity index (χ4n) is 3.35. The van der Waals surface area contributed by atoms with Crippen LogP contribution in [-0.4, -0.2) is 20.2 Å². The van der Waals surface area contributed by atoms with E-state index in [9.17, 15) is 0 Å². The summed E-state index contributed by atoms with van der Waals surface area (Å²) in [5.74, 6) is 0.937. The van der Waals surface area contributed by atoms with Gasteiger partial charge in [0.1, 0.15) is 5.75 Å². The van der Waals surface area contributed by atoms with E-state index in [0.29, 0.717) is 11.5 Å². The Morgan fingerprint density at radius 1 is 1.10 bits per heavy atom. The summed E-state index contributed by atoms with van der Waals surface area (Å²) < 4.78 is 5.34. The summed E-state index contributed by atoms with van der Waals surface area (Å²) in [6.45, 7) is 0. The van der Waals surface area contributed by atoms with E-state index in [1.54, 1.807) is 7.11 Å². The molecule has 1 saturated carbocycles. The van der Waals surface area contributed by atoms with Gasteiger partial charge in [0.25, 0.3) is 0 Å². The lowest BCUT2D eigenvalue weighted by atomic mass is 9.84. The molecule has 0 radical (unpaired) electrons. The SMILES string of the molecule is CNC(Cc1cccc(OC)c1)C1(c2ccccc2)CC1. The minimum atomic E-state index is 0.305. The molecule has 1 aliphatic rings. The average Bonchev–Trinajstić information content (AvgIpc) is 3.35. The molecule has 21 heavy (non-hydrogen) atoms. The Hall–Kier alpha value is -1.80. The second-order valence-electron chi connectivity index (χ2n) is 5.92. The zero-order chi connectivity index (χ0) is 14.7. The topological polar surface area (TPSA) is 21.3 Å². The number of rotatable bonds is 6. The highest BCUT2D eigenvalue weighted by Gasteiger charge is 2.49. The van der Waals surface area contributed by atoms with Crippen molar-refractivity contribution < 1.29 is 4.74 Å². The highest BCUT2D eigenvalue weighted by atomic mass is 16.5. The first-order valence-corrected chi connectivity index (χ1v) is 7.64. The van der Waals surface area contributed by atoms with Crippen LogP contribution in [-0.2, 0) is 11.8 Å². The Morgan fingerprint density at radius 3 is 2.48 bits per heavy atom. The molecule has 2 heteroatoms. The second-order valence-corrected chi connectivity index (χ2v) is 5.92. The van der Waals surface area contributed by atoms with Crippen molar-refractivity contribution >= 4 is 0 Å². The molecule has 0 spiro atoms. The van der Waals surface area contributed by atoms with Gasteiger partial charge in [0, 0.05) is 11.5 Å². The molecule has 110 valence electrons. The van der Waals surface area contributed by atoms with Gasteiger partial charge >= 0.3 is 0 Å². The van der Waals surface area contributed by atoms with Crippen LogP contribution in [0.4, 0.5) is 0 Å². The predicted octanol–water partition coefficient (Wildman–Crippen LogP) is 3.56. The molecule has 1 unspecified atom stereocenters. The number of benzene rings is 2.